The Kier molecular flexibility index (Phi) is 3.64. The lowest BCUT2D eigenvalue weighted by molar-refractivity contribution is -0.139. The maximum atomic E-state index is 10.5. The number of aryl methyl sites for hydroxylation is 1. The molecule has 14 heavy (non-hydrogen) atoms. The second-order valence-corrected chi connectivity index (χ2v) is 3.08. The van der Waals surface area contributed by atoms with Crippen LogP contribution in [0.15, 0.2) is 12.3 Å². The number of aliphatic carboxylic acids is 1. The van der Waals surface area contributed by atoms with Gasteiger partial charge in [0.2, 0.25) is 0 Å². The van der Waals surface area contributed by atoms with Gasteiger partial charge < -0.3 is 5.11 Å². The van der Waals surface area contributed by atoms with Crippen molar-refractivity contribution in [2.24, 2.45) is 0 Å². The first-order valence-electron chi connectivity index (χ1n) is 4.62. The molecule has 0 aliphatic rings. The Hall–Kier alpha value is -1.36. The lowest BCUT2D eigenvalue weighted by Crippen LogP contribution is -2.33. The van der Waals surface area contributed by atoms with Crippen molar-refractivity contribution in [2.45, 2.75) is 33.0 Å². The molecule has 0 spiro atoms. The van der Waals surface area contributed by atoms with E-state index in [1.54, 1.807) is 13.1 Å². The zero-order valence-electron chi connectivity index (χ0n) is 8.40. The summed E-state index contributed by atoms with van der Waals surface area (Å²) in [7, 11) is 0. The summed E-state index contributed by atoms with van der Waals surface area (Å²) in [6.07, 6.45) is 1.71. The second kappa shape index (κ2) is 4.76. The molecule has 0 aromatic carbocycles. The summed E-state index contributed by atoms with van der Waals surface area (Å²) in [6, 6.07) is 1.35. The van der Waals surface area contributed by atoms with Crippen molar-refractivity contribution >= 4 is 5.97 Å². The Labute approximate surface area is 82.7 Å². The van der Waals surface area contributed by atoms with Crippen LogP contribution in [0.3, 0.4) is 0 Å². The molecule has 2 N–H and O–H groups in total. The highest BCUT2D eigenvalue weighted by molar-refractivity contribution is 5.72. The molecule has 0 fully saturated rings. The zero-order chi connectivity index (χ0) is 10.6. The fourth-order valence-corrected chi connectivity index (χ4v) is 1.14. The topological polar surface area (TPSA) is 67.2 Å². The van der Waals surface area contributed by atoms with Crippen LogP contribution in [0.25, 0.3) is 0 Å². The summed E-state index contributed by atoms with van der Waals surface area (Å²) >= 11 is 0. The number of hydrogen-bond donors (Lipinski definition) is 2. The average molecular weight is 197 g/mol. The van der Waals surface area contributed by atoms with Crippen LogP contribution in [0.1, 0.15) is 19.5 Å². The van der Waals surface area contributed by atoms with Crippen LogP contribution in [0.5, 0.6) is 0 Å². The molecule has 0 saturated heterocycles. The van der Waals surface area contributed by atoms with E-state index in [0.717, 1.165) is 12.2 Å². The van der Waals surface area contributed by atoms with Gasteiger partial charge in [-0.25, -0.2) is 0 Å². The third-order valence-electron chi connectivity index (χ3n) is 2.06. The van der Waals surface area contributed by atoms with Gasteiger partial charge in [-0.05, 0) is 19.9 Å². The minimum Gasteiger partial charge on any atom is -0.480 e. The molecule has 0 radical (unpaired) electrons. The summed E-state index contributed by atoms with van der Waals surface area (Å²) in [4.78, 5) is 10.5. The van der Waals surface area contributed by atoms with E-state index in [0.29, 0.717) is 6.54 Å². The van der Waals surface area contributed by atoms with Crippen molar-refractivity contribution in [3.8, 4) is 0 Å². The summed E-state index contributed by atoms with van der Waals surface area (Å²) in [6.45, 7) is 4.94. The van der Waals surface area contributed by atoms with Crippen LogP contribution in [0.2, 0.25) is 0 Å². The quantitative estimate of drug-likeness (QED) is 0.720. The van der Waals surface area contributed by atoms with Gasteiger partial charge in [0, 0.05) is 19.3 Å². The van der Waals surface area contributed by atoms with E-state index in [9.17, 15) is 4.79 Å². The minimum atomic E-state index is -0.840. The second-order valence-electron chi connectivity index (χ2n) is 3.08. The highest BCUT2D eigenvalue weighted by atomic mass is 16.4. The number of rotatable bonds is 5. The molecule has 0 bridgehead atoms. The summed E-state index contributed by atoms with van der Waals surface area (Å²) in [5.74, 6) is -0.840. The molecule has 1 atom stereocenters. The number of hydrogen-bond acceptors (Lipinski definition) is 3. The normalized spacial score (nSPS) is 12.7. The Morgan fingerprint density at radius 2 is 2.50 bits per heavy atom. The van der Waals surface area contributed by atoms with Crippen molar-refractivity contribution in [1.82, 2.24) is 15.1 Å². The van der Waals surface area contributed by atoms with Crippen LogP contribution >= 0.6 is 0 Å². The van der Waals surface area contributed by atoms with Gasteiger partial charge in [-0.3, -0.25) is 14.8 Å². The first kappa shape index (κ1) is 10.7. The monoisotopic (exact) mass is 197 g/mol. The number of carbonyl (C=O) groups is 1. The Morgan fingerprint density at radius 1 is 1.79 bits per heavy atom. The van der Waals surface area contributed by atoms with E-state index in [2.05, 4.69) is 10.4 Å². The Balaban J connectivity index is 2.49. The van der Waals surface area contributed by atoms with Gasteiger partial charge in [0.15, 0.2) is 0 Å². The molecule has 1 unspecified atom stereocenters. The number of aromatic nitrogens is 2. The van der Waals surface area contributed by atoms with Gasteiger partial charge in [-0.2, -0.15) is 5.10 Å². The van der Waals surface area contributed by atoms with Crippen LogP contribution < -0.4 is 5.32 Å². The third-order valence-corrected chi connectivity index (χ3v) is 2.06. The van der Waals surface area contributed by atoms with Gasteiger partial charge in [0.1, 0.15) is 6.04 Å². The van der Waals surface area contributed by atoms with Gasteiger partial charge in [0.05, 0.1) is 5.69 Å². The maximum Gasteiger partial charge on any atom is 0.320 e. The highest BCUT2D eigenvalue weighted by Gasteiger charge is 2.10. The van der Waals surface area contributed by atoms with E-state index >= 15 is 0 Å². The number of carboxylic acid groups (broad SMARTS) is 1. The van der Waals surface area contributed by atoms with E-state index in [-0.39, 0.29) is 0 Å². The summed E-state index contributed by atoms with van der Waals surface area (Å²) < 4.78 is 1.83. The van der Waals surface area contributed by atoms with E-state index in [4.69, 9.17) is 5.11 Å². The van der Waals surface area contributed by atoms with E-state index < -0.39 is 12.0 Å². The van der Waals surface area contributed by atoms with Crippen LogP contribution in [-0.4, -0.2) is 26.9 Å². The SMILES string of the molecule is CCn1nccc1CNC(C)C(=O)O. The molecule has 0 aliphatic carbocycles. The van der Waals surface area contributed by atoms with Crippen LogP contribution in [0, 0.1) is 0 Å². The molecule has 0 amide bonds. The number of nitrogens with zero attached hydrogens (tertiary/aromatic N) is 2. The molecule has 0 saturated carbocycles. The molecular weight excluding hydrogens is 182 g/mol. The highest BCUT2D eigenvalue weighted by Crippen LogP contribution is 1.98. The van der Waals surface area contributed by atoms with Crippen molar-refractivity contribution in [3.63, 3.8) is 0 Å². The molecule has 1 rings (SSSR count). The number of nitrogens with one attached hydrogen (secondary N) is 1. The van der Waals surface area contributed by atoms with Crippen molar-refractivity contribution in [3.05, 3.63) is 18.0 Å². The fraction of sp³-hybridized carbons (Fsp3) is 0.556. The average Bonchev–Trinajstić information content (AvgIpc) is 2.60. The van der Waals surface area contributed by atoms with Gasteiger partial charge in [-0.1, -0.05) is 0 Å². The van der Waals surface area contributed by atoms with Crippen LogP contribution in [0.4, 0.5) is 0 Å². The number of carboxylic acids is 1. The maximum absolute atomic E-state index is 10.5. The third kappa shape index (κ3) is 2.56. The fourth-order valence-electron chi connectivity index (χ4n) is 1.14. The molecule has 5 heteroatoms. The summed E-state index contributed by atoms with van der Waals surface area (Å²) in [5, 5.41) is 15.6. The van der Waals surface area contributed by atoms with Crippen LogP contribution in [-0.2, 0) is 17.9 Å². The zero-order valence-corrected chi connectivity index (χ0v) is 8.40. The Bertz CT molecular complexity index is 309. The van der Waals surface area contributed by atoms with Gasteiger partial charge in [0.25, 0.3) is 0 Å². The molecule has 0 aliphatic heterocycles. The Morgan fingerprint density at radius 3 is 3.07 bits per heavy atom. The molecule has 1 aromatic rings. The van der Waals surface area contributed by atoms with Crippen molar-refractivity contribution < 1.29 is 9.90 Å². The predicted octanol–water partition coefficient (Wildman–Crippen LogP) is 0.466. The van der Waals surface area contributed by atoms with E-state index in [1.807, 2.05) is 17.7 Å². The van der Waals surface area contributed by atoms with Crippen molar-refractivity contribution in [1.29, 1.82) is 0 Å². The van der Waals surface area contributed by atoms with E-state index in [1.165, 1.54) is 0 Å². The largest absolute Gasteiger partial charge is 0.480 e. The van der Waals surface area contributed by atoms with Crippen molar-refractivity contribution in [2.75, 3.05) is 0 Å². The molecule has 1 aromatic heterocycles. The smallest absolute Gasteiger partial charge is 0.320 e. The molecule has 78 valence electrons. The molecular formula is C9H15N3O2. The lowest BCUT2D eigenvalue weighted by Gasteiger charge is -2.09. The predicted molar refractivity (Wildman–Crippen MR) is 51.8 cm³/mol. The van der Waals surface area contributed by atoms with Gasteiger partial charge in [-0.15, -0.1) is 0 Å². The minimum absolute atomic E-state index is 0.529. The first-order valence-corrected chi connectivity index (χ1v) is 4.62. The summed E-state index contributed by atoms with van der Waals surface area (Å²) in [5.41, 5.74) is 1.00. The molecule has 1 heterocycles. The molecule has 5 nitrogen and oxygen atoms in total. The standard InChI is InChI=1S/C9H15N3O2/c1-3-12-8(4-5-11-12)6-10-7(2)9(13)14/h4-5,7,10H,3,6H2,1-2H3,(H,13,14). The first-order chi connectivity index (χ1) is 6.65. The lowest BCUT2D eigenvalue weighted by atomic mass is 10.3. The van der Waals surface area contributed by atoms with Gasteiger partial charge >= 0.3 is 5.97 Å².